The molecule has 0 aromatic heterocycles. The van der Waals surface area contributed by atoms with Crippen molar-refractivity contribution in [3.63, 3.8) is 0 Å². The largest absolute Gasteiger partial charge is 0.444 e. The number of benzene rings is 1. The first-order valence-corrected chi connectivity index (χ1v) is 6.07. The highest BCUT2D eigenvalue weighted by Crippen LogP contribution is 2.18. The van der Waals surface area contributed by atoms with Crippen LogP contribution in [0.15, 0.2) is 24.3 Å². The van der Waals surface area contributed by atoms with E-state index in [1.165, 1.54) is 24.3 Å². The van der Waals surface area contributed by atoms with Gasteiger partial charge in [0.1, 0.15) is 5.60 Å². The van der Waals surface area contributed by atoms with Crippen molar-refractivity contribution in [3.8, 4) is 0 Å². The molecule has 0 saturated carbocycles. The molecule has 0 aliphatic carbocycles. The molecule has 0 aliphatic rings. The molecule has 110 valence electrons. The number of carbonyl (C=O) groups excluding carboxylic acids is 1. The summed E-state index contributed by atoms with van der Waals surface area (Å²) in [7, 11) is 0. The van der Waals surface area contributed by atoms with Crippen LogP contribution in [0.2, 0.25) is 0 Å². The van der Waals surface area contributed by atoms with Crippen molar-refractivity contribution < 1.29 is 19.6 Å². The maximum absolute atomic E-state index is 11.6. The molecule has 1 aromatic carbocycles. The van der Waals surface area contributed by atoms with Crippen LogP contribution in [-0.2, 0) is 4.74 Å². The van der Waals surface area contributed by atoms with Gasteiger partial charge in [-0.3, -0.25) is 10.1 Å². The van der Waals surface area contributed by atoms with Crippen LogP contribution in [0.1, 0.15) is 32.4 Å². The number of nitro benzene ring substituents is 1. The molecule has 0 aliphatic heterocycles. The van der Waals surface area contributed by atoms with E-state index in [2.05, 4.69) is 5.32 Å². The van der Waals surface area contributed by atoms with Crippen molar-refractivity contribution in [2.45, 2.75) is 32.4 Å². The lowest BCUT2D eigenvalue weighted by Gasteiger charge is -2.22. The molecule has 1 amide bonds. The van der Waals surface area contributed by atoms with Crippen LogP contribution in [-0.4, -0.2) is 28.3 Å². The Kier molecular flexibility index (Phi) is 5.04. The number of amides is 1. The molecule has 0 bridgehead atoms. The number of hydrogen-bond donors (Lipinski definition) is 2. The summed E-state index contributed by atoms with van der Waals surface area (Å²) in [5.41, 5.74) is -0.133. The Hall–Kier alpha value is -2.15. The maximum Gasteiger partial charge on any atom is 0.408 e. The molecule has 7 heteroatoms. The van der Waals surface area contributed by atoms with Gasteiger partial charge in [-0.2, -0.15) is 0 Å². The van der Waals surface area contributed by atoms with Crippen molar-refractivity contribution in [2.75, 3.05) is 6.61 Å². The standard InChI is InChI=1S/C13H18N2O5/c1-13(2,3)20-12(17)14-11(8-16)9-4-6-10(7-5-9)15(18)19/h4-7,11,16H,8H2,1-3H3,(H,14,17)/t11-/m1/s1. The second-order valence-electron chi connectivity index (χ2n) is 5.23. The number of nitrogens with one attached hydrogen (secondary N) is 1. The van der Waals surface area contributed by atoms with Crippen LogP contribution in [0.3, 0.4) is 0 Å². The molecule has 0 heterocycles. The molecular formula is C13H18N2O5. The summed E-state index contributed by atoms with van der Waals surface area (Å²) in [4.78, 5) is 21.7. The highest BCUT2D eigenvalue weighted by atomic mass is 16.6. The van der Waals surface area contributed by atoms with Gasteiger partial charge in [-0.05, 0) is 26.3 Å². The molecular weight excluding hydrogens is 264 g/mol. The zero-order chi connectivity index (χ0) is 15.3. The van der Waals surface area contributed by atoms with Crippen molar-refractivity contribution in [3.05, 3.63) is 39.9 Å². The van der Waals surface area contributed by atoms with Crippen molar-refractivity contribution in [1.82, 2.24) is 5.32 Å². The van der Waals surface area contributed by atoms with Gasteiger partial charge in [0, 0.05) is 12.1 Å². The summed E-state index contributed by atoms with van der Waals surface area (Å²) < 4.78 is 5.08. The molecule has 0 radical (unpaired) electrons. The van der Waals surface area contributed by atoms with Crippen LogP contribution >= 0.6 is 0 Å². The smallest absolute Gasteiger partial charge is 0.408 e. The molecule has 1 aromatic rings. The summed E-state index contributed by atoms with van der Waals surface area (Å²) in [6.45, 7) is 4.85. The lowest BCUT2D eigenvalue weighted by Crippen LogP contribution is -2.36. The fourth-order valence-corrected chi connectivity index (χ4v) is 1.51. The van der Waals surface area contributed by atoms with Gasteiger partial charge in [0.2, 0.25) is 0 Å². The molecule has 2 N–H and O–H groups in total. The fourth-order valence-electron chi connectivity index (χ4n) is 1.51. The summed E-state index contributed by atoms with van der Waals surface area (Å²) in [6, 6.07) is 4.92. The lowest BCUT2D eigenvalue weighted by molar-refractivity contribution is -0.384. The average Bonchev–Trinajstić information content (AvgIpc) is 2.34. The van der Waals surface area contributed by atoms with Gasteiger partial charge in [0.05, 0.1) is 17.6 Å². The van der Waals surface area contributed by atoms with Crippen LogP contribution < -0.4 is 5.32 Å². The Morgan fingerprint density at radius 3 is 2.35 bits per heavy atom. The van der Waals surface area contributed by atoms with Crippen LogP contribution in [0.4, 0.5) is 10.5 Å². The number of hydrogen-bond acceptors (Lipinski definition) is 5. The first kappa shape index (κ1) is 15.9. The fraction of sp³-hybridized carbons (Fsp3) is 0.462. The number of ether oxygens (including phenoxy) is 1. The van der Waals surface area contributed by atoms with Crippen molar-refractivity contribution >= 4 is 11.8 Å². The van der Waals surface area contributed by atoms with Crippen molar-refractivity contribution in [2.24, 2.45) is 0 Å². The first-order chi connectivity index (χ1) is 9.23. The number of alkyl carbamates (subject to hydrolysis) is 1. The predicted molar refractivity (Wildman–Crippen MR) is 72.3 cm³/mol. The Morgan fingerprint density at radius 1 is 1.40 bits per heavy atom. The average molecular weight is 282 g/mol. The predicted octanol–water partition coefficient (Wildman–Crippen LogP) is 2.15. The molecule has 20 heavy (non-hydrogen) atoms. The third-order valence-electron chi connectivity index (χ3n) is 2.38. The summed E-state index contributed by atoms with van der Waals surface area (Å²) in [6.07, 6.45) is -0.657. The van der Waals surface area contributed by atoms with E-state index in [9.17, 15) is 20.0 Å². The van der Waals surface area contributed by atoms with E-state index >= 15 is 0 Å². The van der Waals surface area contributed by atoms with Gasteiger partial charge in [-0.15, -0.1) is 0 Å². The van der Waals surface area contributed by atoms with E-state index < -0.39 is 22.7 Å². The third-order valence-corrected chi connectivity index (χ3v) is 2.38. The van der Waals surface area contributed by atoms with E-state index in [0.29, 0.717) is 5.56 Å². The van der Waals surface area contributed by atoms with E-state index in [4.69, 9.17) is 4.74 Å². The minimum Gasteiger partial charge on any atom is -0.444 e. The monoisotopic (exact) mass is 282 g/mol. The third kappa shape index (κ3) is 4.85. The Balaban J connectivity index is 2.75. The molecule has 1 atom stereocenters. The van der Waals surface area contributed by atoms with E-state index in [1.54, 1.807) is 20.8 Å². The van der Waals surface area contributed by atoms with Gasteiger partial charge < -0.3 is 15.2 Å². The molecule has 7 nitrogen and oxygen atoms in total. The van der Waals surface area contributed by atoms with Crippen molar-refractivity contribution in [1.29, 1.82) is 0 Å². The number of non-ortho nitro benzene ring substituents is 1. The zero-order valence-electron chi connectivity index (χ0n) is 11.6. The van der Waals surface area contributed by atoms with E-state index in [-0.39, 0.29) is 12.3 Å². The number of rotatable bonds is 4. The summed E-state index contributed by atoms with van der Waals surface area (Å²) in [5.74, 6) is 0. The Morgan fingerprint density at radius 2 is 1.95 bits per heavy atom. The highest BCUT2D eigenvalue weighted by Gasteiger charge is 2.20. The van der Waals surface area contributed by atoms with Gasteiger partial charge in [-0.1, -0.05) is 12.1 Å². The van der Waals surface area contributed by atoms with Gasteiger partial charge >= 0.3 is 6.09 Å². The Bertz CT molecular complexity index is 479. The minimum atomic E-state index is -0.675. The number of aliphatic hydroxyl groups is 1. The number of nitrogens with zero attached hydrogens (tertiary/aromatic N) is 1. The number of nitro groups is 1. The van der Waals surface area contributed by atoms with Gasteiger partial charge in [0.15, 0.2) is 0 Å². The minimum absolute atomic E-state index is 0.0530. The second-order valence-corrected chi connectivity index (χ2v) is 5.23. The van der Waals surface area contributed by atoms with Crippen LogP contribution in [0.25, 0.3) is 0 Å². The summed E-state index contributed by atoms with van der Waals surface area (Å²) in [5, 5.41) is 22.4. The second kappa shape index (κ2) is 6.33. The maximum atomic E-state index is 11.6. The number of aliphatic hydroxyl groups excluding tert-OH is 1. The lowest BCUT2D eigenvalue weighted by atomic mass is 10.1. The van der Waals surface area contributed by atoms with E-state index in [0.717, 1.165) is 0 Å². The van der Waals surface area contributed by atoms with Gasteiger partial charge in [0.25, 0.3) is 5.69 Å². The molecule has 0 spiro atoms. The summed E-state index contributed by atoms with van der Waals surface area (Å²) >= 11 is 0. The Labute approximate surface area is 116 Å². The molecule has 0 unspecified atom stereocenters. The normalized spacial score (nSPS) is 12.6. The first-order valence-electron chi connectivity index (χ1n) is 6.07. The number of carbonyl (C=O) groups is 1. The topological polar surface area (TPSA) is 102 Å². The molecule has 0 saturated heterocycles. The van der Waals surface area contributed by atoms with Crippen LogP contribution in [0, 0.1) is 10.1 Å². The zero-order valence-corrected chi connectivity index (χ0v) is 11.6. The van der Waals surface area contributed by atoms with E-state index in [1.807, 2.05) is 0 Å². The SMILES string of the molecule is CC(C)(C)OC(=O)N[C@H](CO)c1ccc([N+](=O)[O-])cc1. The molecule has 1 rings (SSSR count). The quantitative estimate of drug-likeness (QED) is 0.650. The molecule has 0 fully saturated rings. The van der Waals surface area contributed by atoms with Gasteiger partial charge in [-0.25, -0.2) is 4.79 Å². The van der Waals surface area contributed by atoms with Crippen LogP contribution in [0.5, 0.6) is 0 Å². The highest BCUT2D eigenvalue weighted by molar-refractivity contribution is 5.68.